The largest absolute Gasteiger partial charge is 0.422 e. The predicted molar refractivity (Wildman–Crippen MR) is 107 cm³/mol. The molecular formula is C22H21F5N4O. The molecule has 0 bridgehead atoms. The molecule has 0 atom stereocenters. The molecule has 1 fully saturated rings. The van der Waals surface area contributed by atoms with Crippen LogP contribution in [0, 0.1) is 0 Å². The van der Waals surface area contributed by atoms with Crippen molar-refractivity contribution in [3.8, 4) is 0 Å². The van der Waals surface area contributed by atoms with Gasteiger partial charge in [0.2, 0.25) is 0 Å². The molecule has 2 aliphatic rings. The second-order valence-electron chi connectivity index (χ2n) is 8.28. The summed E-state index contributed by atoms with van der Waals surface area (Å²) in [4.78, 5) is 1.57. The second-order valence-corrected chi connectivity index (χ2v) is 8.28. The molecule has 32 heavy (non-hydrogen) atoms. The van der Waals surface area contributed by atoms with Crippen LogP contribution < -0.4 is 4.90 Å². The van der Waals surface area contributed by atoms with Gasteiger partial charge in [-0.1, -0.05) is 25.1 Å². The van der Waals surface area contributed by atoms with Gasteiger partial charge in [0, 0.05) is 25.7 Å². The van der Waals surface area contributed by atoms with Crippen LogP contribution in [0.3, 0.4) is 0 Å². The number of nitrogens with zero attached hydrogens (tertiary/aromatic N) is 4. The van der Waals surface area contributed by atoms with Crippen molar-refractivity contribution < 1.29 is 26.7 Å². The number of piperidine rings is 1. The van der Waals surface area contributed by atoms with E-state index in [1.807, 2.05) is 6.92 Å². The van der Waals surface area contributed by atoms with Gasteiger partial charge in [-0.3, -0.25) is 4.40 Å². The summed E-state index contributed by atoms with van der Waals surface area (Å²) >= 11 is 0. The van der Waals surface area contributed by atoms with Gasteiger partial charge < -0.3 is 9.64 Å². The maximum Gasteiger partial charge on any atom is 0.422 e. The van der Waals surface area contributed by atoms with E-state index in [-0.39, 0.29) is 42.8 Å². The smallest absolute Gasteiger partial charge is 0.371 e. The Bertz CT molecular complexity index is 1160. The lowest BCUT2D eigenvalue weighted by Crippen LogP contribution is -2.44. The Morgan fingerprint density at radius 2 is 1.72 bits per heavy atom. The third kappa shape index (κ3) is 3.15. The van der Waals surface area contributed by atoms with Crippen molar-refractivity contribution in [2.45, 2.75) is 50.5 Å². The van der Waals surface area contributed by atoms with E-state index < -0.39 is 23.4 Å². The molecule has 1 aromatic carbocycles. The van der Waals surface area contributed by atoms with Crippen molar-refractivity contribution in [2.24, 2.45) is 0 Å². The van der Waals surface area contributed by atoms with Crippen LogP contribution in [-0.4, -0.2) is 27.7 Å². The van der Waals surface area contributed by atoms with E-state index in [9.17, 15) is 22.0 Å². The molecule has 0 unspecified atom stereocenters. The molecule has 10 heteroatoms. The summed E-state index contributed by atoms with van der Waals surface area (Å²) in [5, 5.41) is 7.76. The van der Waals surface area contributed by atoms with Gasteiger partial charge in [-0.2, -0.15) is 22.0 Å². The van der Waals surface area contributed by atoms with E-state index in [1.54, 1.807) is 23.2 Å². The summed E-state index contributed by atoms with van der Waals surface area (Å²) in [6.07, 6.45) is -4.98. The number of pyridine rings is 1. The number of aryl methyl sites for hydroxylation is 1. The number of hydrogen-bond acceptors (Lipinski definition) is 4. The lowest BCUT2D eigenvalue weighted by Gasteiger charge is -2.41. The summed E-state index contributed by atoms with van der Waals surface area (Å²) in [5.41, 5.74) is -2.08. The van der Waals surface area contributed by atoms with Crippen LogP contribution in [-0.2, 0) is 29.0 Å². The molecule has 170 valence electrons. The Morgan fingerprint density at radius 3 is 2.38 bits per heavy atom. The van der Waals surface area contributed by atoms with Gasteiger partial charge in [0.15, 0.2) is 5.65 Å². The van der Waals surface area contributed by atoms with Crippen molar-refractivity contribution in [1.29, 1.82) is 0 Å². The Balaban J connectivity index is 1.50. The highest BCUT2D eigenvalue weighted by Gasteiger charge is 2.56. The number of anilines is 1. The van der Waals surface area contributed by atoms with Crippen molar-refractivity contribution in [3.05, 3.63) is 59.0 Å². The third-order valence-electron chi connectivity index (χ3n) is 6.35. The summed E-state index contributed by atoms with van der Waals surface area (Å²) < 4.78 is 77.8. The lowest BCUT2D eigenvalue weighted by molar-refractivity contribution is -0.293. The summed E-state index contributed by atoms with van der Waals surface area (Å²) in [5.74, 6) is 0.468. The number of fused-ring (bicyclic) bond motifs is 3. The lowest BCUT2D eigenvalue weighted by atomic mass is 9.83. The molecule has 2 aliphatic heterocycles. The average Bonchev–Trinajstić information content (AvgIpc) is 3.24. The molecule has 5 rings (SSSR count). The number of alkyl halides is 5. The van der Waals surface area contributed by atoms with Crippen molar-refractivity contribution in [3.63, 3.8) is 0 Å². The molecule has 1 saturated heterocycles. The first kappa shape index (κ1) is 21.1. The number of aromatic nitrogens is 3. The van der Waals surface area contributed by atoms with E-state index in [0.717, 1.165) is 6.42 Å². The van der Waals surface area contributed by atoms with Crippen LogP contribution in [0.1, 0.15) is 48.7 Å². The highest BCUT2D eigenvalue weighted by molar-refractivity contribution is 5.67. The zero-order valence-corrected chi connectivity index (χ0v) is 17.3. The maximum atomic E-state index is 14.4. The van der Waals surface area contributed by atoms with E-state index in [0.29, 0.717) is 17.8 Å². The zero-order chi connectivity index (χ0) is 22.7. The molecule has 0 radical (unpaired) electrons. The van der Waals surface area contributed by atoms with Gasteiger partial charge in [-0.15, -0.1) is 10.2 Å². The van der Waals surface area contributed by atoms with Crippen LogP contribution in [0.2, 0.25) is 0 Å². The Morgan fingerprint density at radius 1 is 1.03 bits per heavy atom. The molecule has 0 N–H and O–H groups in total. The predicted octanol–water partition coefficient (Wildman–Crippen LogP) is 5.28. The standard InChI is InChI=1S/C22H21F5N4O/c1-2-5-17-28-29-19-18(21(23,24)25)16(8-11-31(17)19)30-12-9-20(10-13-30)14-6-3-4-7-15(14)22(26,27)32-20/h3-4,6-8,11H,2,5,9-10,12-13H2,1H3. The number of rotatable bonds is 3. The number of benzene rings is 1. The molecule has 0 saturated carbocycles. The van der Waals surface area contributed by atoms with E-state index >= 15 is 0 Å². The third-order valence-corrected chi connectivity index (χ3v) is 6.35. The van der Waals surface area contributed by atoms with Crippen LogP contribution in [0.25, 0.3) is 5.65 Å². The van der Waals surface area contributed by atoms with Gasteiger partial charge >= 0.3 is 12.3 Å². The van der Waals surface area contributed by atoms with E-state index in [4.69, 9.17) is 4.74 Å². The van der Waals surface area contributed by atoms with Crippen LogP contribution in [0.15, 0.2) is 36.5 Å². The molecule has 1 spiro atoms. The fourth-order valence-electron chi connectivity index (χ4n) is 4.89. The van der Waals surface area contributed by atoms with Crippen LogP contribution in [0.5, 0.6) is 0 Å². The number of halogens is 5. The molecule has 5 nitrogen and oxygen atoms in total. The van der Waals surface area contributed by atoms with Crippen molar-refractivity contribution in [2.75, 3.05) is 18.0 Å². The fourth-order valence-corrected chi connectivity index (χ4v) is 4.89. The fraction of sp³-hybridized carbons (Fsp3) is 0.455. The van der Waals surface area contributed by atoms with Crippen molar-refractivity contribution in [1.82, 2.24) is 14.6 Å². The zero-order valence-electron chi connectivity index (χ0n) is 17.3. The first-order valence-electron chi connectivity index (χ1n) is 10.5. The monoisotopic (exact) mass is 452 g/mol. The minimum absolute atomic E-state index is 0.0201. The summed E-state index contributed by atoms with van der Waals surface area (Å²) in [6.45, 7) is 2.19. The maximum absolute atomic E-state index is 14.4. The SMILES string of the molecule is CCCc1nnc2c(C(F)(F)F)c(N3CCC4(CC3)OC(F)(F)c3ccccc34)ccn12. The molecule has 0 amide bonds. The van der Waals surface area contributed by atoms with Gasteiger partial charge in [0.25, 0.3) is 0 Å². The molecule has 4 heterocycles. The molecular weight excluding hydrogens is 431 g/mol. The minimum atomic E-state index is -4.65. The quantitative estimate of drug-likeness (QED) is 0.508. The normalized spacial score (nSPS) is 19.6. The van der Waals surface area contributed by atoms with Gasteiger partial charge in [0.05, 0.1) is 11.3 Å². The van der Waals surface area contributed by atoms with Gasteiger partial charge in [0.1, 0.15) is 17.0 Å². The summed E-state index contributed by atoms with van der Waals surface area (Å²) in [7, 11) is 0. The summed E-state index contributed by atoms with van der Waals surface area (Å²) in [6, 6.07) is 7.57. The van der Waals surface area contributed by atoms with Crippen molar-refractivity contribution >= 4 is 11.3 Å². The second kappa shape index (κ2) is 7.13. The topological polar surface area (TPSA) is 42.7 Å². The molecule has 2 aromatic heterocycles. The highest BCUT2D eigenvalue weighted by atomic mass is 19.4. The van der Waals surface area contributed by atoms with Gasteiger partial charge in [-0.05, 0) is 37.0 Å². The molecule has 3 aromatic rings. The molecule has 0 aliphatic carbocycles. The Labute approximate surface area is 180 Å². The van der Waals surface area contributed by atoms with Crippen LogP contribution >= 0.6 is 0 Å². The number of hydrogen-bond donors (Lipinski definition) is 0. The van der Waals surface area contributed by atoms with Gasteiger partial charge in [-0.25, -0.2) is 0 Å². The first-order chi connectivity index (χ1) is 15.2. The minimum Gasteiger partial charge on any atom is -0.371 e. The van der Waals surface area contributed by atoms with Crippen LogP contribution in [0.4, 0.5) is 27.6 Å². The Hall–Kier alpha value is -2.75. The Kier molecular flexibility index (Phi) is 4.70. The average molecular weight is 452 g/mol. The first-order valence-corrected chi connectivity index (χ1v) is 10.5. The van der Waals surface area contributed by atoms with E-state index in [2.05, 4.69) is 10.2 Å². The number of ether oxygens (including phenoxy) is 1. The van der Waals surface area contributed by atoms with E-state index in [1.165, 1.54) is 22.6 Å². The highest BCUT2D eigenvalue weighted by Crippen LogP contribution is 2.54.